The smallest absolute Gasteiger partial charge is 0.306 e. The van der Waals surface area contributed by atoms with E-state index in [-0.39, 0.29) is 12.1 Å². The van der Waals surface area contributed by atoms with Crippen LogP contribution in [-0.4, -0.2) is 60.6 Å². The fraction of sp³-hybridized carbons (Fsp3) is 0.706. The summed E-state index contributed by atoms with van der Waals surface area (Å²) in [4.78, 5) is 24.9. The predicted octanol–water partition coefficient (Wildman–Crippen LogP) is 1.85. The molecule has 1 saturated heterocycles. The second-order valence-corrected chi connectivity index (χ2v) is 7.40. The molecule has 1 saturated carbocycles. The monoisotopic (exact) mass is 365 g/mol. The minimum Gasteiger partial charge on any atom is -0.462 e. The Morgan fingerprint density at radius 2 is 2.08 bits per heavy atom. The predicted molar refractivity (Wildman–Crippen MR) is 100.0 cm³/mol. The molecule has 0 unspecified atom stereocenters. The molecular formula is C17H27N5O2S. The Hall–Kier alpha value is -1.83. The molecule has 2 fully saturated rings. The Kier molecular flexibility index (Phi) is 6.49. The summed E-state index contributed by atoms with van der Waals surface area (Å²) in [6.45, 7) is 4.06. The molecule has 3 rings (SSSR count). The van der Waals surface area contributed by atoms with Gasteiger partial charge in [-0.05, 0) is 32.1 Å². The fourth-order valence-electron chi connectivity index (χ4n) is 3.27. The number of aliphatic imine (C=N–C) groups is 1. The topological polar surface area (TPSA) is 84.0 Å². The normalized spacial score (nSPS) is 19.4. The number of thiazole rings is 1. The summed E-state index contributed by atoms with van der Waals surface area (Å²) < 4.78 is 5.44. The van der Waals surface area contributed by atoms with Gasteiger partial charge in [-0.15, -0.1) is 11.3 Å². The average Bonchev–Trinajstić information content (AvgIpc) is 3.32. The lowest BCUT2D eigenvalue weighted by Crippen LogP contribution is -2.51. The van der Waals surface area contributed by atoms with E-state index in [9.17, 15) is 4.79 Å². The fourth-order valence-corrected chi connectivity index (χ4v) is 3.96. The molecule has 0 bridgehead atoms. The zero-order valence-electron chi connectivity index (χ0n) is 14.6. The molecule has 138 valence electrons. The van der Waals surface area contributed by atoms with Crippen LogP contribution in [0.1, 0.15) is 38.5 Å². The lowest BCUT2D eigenvalue weighted by Gasteiger charge is -2.35. The number of carbonyl (C=O) groups excluding carboxylic acids is 1. The van der Waals surface area contributed by atoms with Crippen molar-refractivity contribution in [1.82, 2.24) is 9.88 Å². The van der Waals surface area contributed by atoms with E-state index in [0.29, 0.717) is 25.3 Å². The maximum Gasteiger partial charge on any atom is 0.306 e. The van der Waals surface area contributed by atoms with Crippen molar-refractivity contribution in [2.75, 3.05) is 37.6 Å². The van der Waals surface area contributed by atoms with Gasteiger partial charge in [-0.3, -0.25) is 9.79 Å². The third-order valence-corrected chi connectivity index (χ3v) is 5.54. The third-order valence-electron chi connectivity index (χ3n) is 4.71. The van der Waals surface area contributed by atoms with Gasteiger partial charge in [-0.25, -0.2) is 4.98 Å². The number of nitrogens with zero attached hydrogens (tertiary/aromatic N) is 4. The lowest BCUT2D eigenvalue weighted by atomic mass is 10.3. The standard InChI is InChI=1S/C17H27N5O2S/c18-16(19-7-3-6-15(23)24-14-4-1-2-5-14)21-9-11-22(12-10-21)17-20-8-13-25-17/h8,13-14H,1-7,9-12H2,(H2,18,19). The van der Waals surface area contributed by atoms with Gasteiger partial charge < -0.3 is 20.3 Å². The quantitative estimate of drug-likeness (QED) is 0.358. The van der Waals surface area contributed by atoms with Gasteiger partial charge in [-0.1, -0.05) is 0 Å². The average molecular weight is 366 g/mol. The van der Waals surface area contributed by atoms with E-state index in [0.717, 1.165) is 44.2 Å². The van der Waals surface area contributed by atoms with Crippen LogP contribution in [0.15, 0.2) is 16.6 Å². The number of rotatable bonds is 6. The number of hydrogen-bond donors (Lipinski definition) is 1. The van der Waals surface area contributed by atoms with Crippen LogP contribution in [0, 0.1) is 0 Å². The molecule has 0 spiro atoms. The summed E-state index contributed by atoms with van der Waals surface area (Å²) in [6.07, 6.45) is 7.47. The number of aromatic nitrogens is 1. The number of esters is 1. The van der Waals surface area contributed by atoms with Gasteiger partial charge in [0.1, 0.15) is 6.10 Å². The molecule has 0 atom stereocenters. The molecule has 0 amide bonds. The molecule has 7 nitrogen and oxygen atoms in total. The molecule has 1 aliphatic carbocycles. The summed E-state index contributed by atoms with van der Waals surface area (Å²) in [7, 11) is 0. The zero-order chi connectivity index (χ0) is 17.5. The molecule has 1 aliphatic heterocycles. The Balaban J connectivity index is 1.32. The second kappa shape index (κ2) is 9.03. The Bertz CT molecular complexity index is 564. The highest BCUT2D eigenvalue weighted by atomic mass is 32.1. The largest absolute Gasteiger partial charge is 0.462 e. The van der Waals surface area contributed by atoms with Crippen molar-refractivity contribution in [1.29, 1.82) is 0 Å². The van der Waals surface area contributed by atoms with E-state index in [4.69, 9.17) is 10.5 Å². The van der Waals surface area contributed by atoms with E-state index >= 15 is 0 Å². The molecule has 0 aromatic carbocycles. The maximum atomic E-state index is 11.8. The number of anilines is 1. The minimum atomic E-state index is -0.0993. The van der Waals surface area contributed by atoms with Crippen molar-refractivity contribution in [2.45, 2.75) is 44.6 Å². The number of ether oxygens (including phenoxy) is 1. The van der Waals surface area contributed by atoms with Crippen LogP contribution >= 0.6 is 11.3 Å². The summed E-state index contributed by atoms with van der Waals surface area (Å²) in [5.41, 5.74) is 6.09. The molecule has 1 aromatic heterocycles. The van der Waals surface area contributed by atoms with Crippen molar-refractivity contribution in [3.63, 3.8) is 0 Å². The van der Waals surface area contributed by atoms with Gasteiger partial charge in [-0.2, -0.15) is 0 Å². The number of guanidine groups is 1. The van der Waals surface area contributed by atoms with Gasteiger partial charge in [0, 0.05) is 50.7 Å². The van der Waals surface area contributed by atoms with Gasteiger partial charge in [0.25, 0.3) is 0 Å². The number of nitrogens with two attached hydrogens (primary N) is 1. The Morgan fingerprint density at radius 1 is 1.32 bits per heavy atom. The van der Waals surface area contributed by atoms with Crippen LogP contribution in [0.4, 0.5) is 5.13 Å². The van der Waals surface area contributed by atoms with Crippen LogP contribution in [0.25, 0.3) is 0 Å². The molecular weight excluding hydrogens is 338 g/mol. The SMILES string of the molecule is NC(=NCCCC(=O)OC1CCCC1)N1CCN(c2nccs2)CC1. The van der Waals surface area contributed by atoms with Crippen LogP contribution in [0.5, 0.6) is 0 Å². The van der Waals surface area contributed by atoms with Crippen molar-refractivity contribution < 1.29 is 9.53 Å². The number of carbonyl (C=O) groups is 1. The summed E-state index contributed by atoms with van der Waals surface area (Å²) >= 11 is 1.66. The van der Waals surface area contributed by atoms with E-state index in [1.807, 2.05) is 11.6 Å². The second-order valence-electron chi connectivity index (χ2n) is 6.53. The molecule has 2 heterocycles. The van der Waals surface area contributed by atoms with Crippen LogP contribution < -0.4 is 10.6 Å². The lowest BCUT2D eigenvalue weighted by molar-refractivity contribution is -0.148. The van der Waals surface area contributed by atoms with Gasteiger partial charge in [0.2, 0.25) is 0 Å². The summed E-state index contributed by atoms with van der Waals surface area (Å²) in [5.74, 6) is 0.473. The maximum absolute atomic E-state index is 11.8. The third kappa shape index (κ3) is 5.32. The Morgan fingerprint density at radius 3 is 2.76 bits per heavy atom. The van der Waals surface area contributed by atoms with Gasteiger partial charge in [0.05, 0.1) is 0 Å². The van der Waals surface area contributed by atoms with Crippen LogP contribution in [0.2, 0.25) is 0 Å². The van der Waals surface area contributed by atoms with Crippen molar-refractivity contribution in [2.24, 2.45) is 10.7 Å². The first kappa shape index (κ1) is 18.0. The first-order chi connectivity index (χ1) is 12.2. The minimum absolute atomic E-state index is 0.0993. The highest BCUT2D eigenvalue weighted by Gasteiger charge is 2.20. The molecule has 25 heavy (non-hydrogen) atoms. The molecule has 2 N–H and O–H groups in total. The van der Waals surface area contributed by atoms with E-state index in [2.05, 4.69) is 19.8 Å². The van der Waals surface area contributed by atoms with Crippen molar-refractivity contribution in [3.8, 4) is 0 Å². The van der Waals surface area contributed by atoms with Crippen molar-refractivity contribution >= 4 is 28.4 Å². The number of hydrogen-bond acceptors (Lipinski definition) is 6. The van der Waals surface area contributed by atoms with E-state index in [1.165, 1.54) is 12.8 Å². The first-order valence-corrected chi connectivity index (χ1v) is 9.99. The van der Waals surface area contributed by atoms with Crippen LogP contribution in [0.3, 0.4) is 0 Å². The van der Waals surface area contributed by atoms with Crippen molar-refractivity contribution in [3.05, 3.63) is 11.6 Å². The summed E-state index contributed by atoms with van der Waals surface area (Å²) in [6, 6.07) is 0. The molecule has 0 radical (unpaired) electrons. The zero-order valence-corrected chi connectivity index (χ0v) is 15.4. The van der Waals surface area contributed by atoms with E-state index < -0.39 is 0 Å². The summed E-state index contributed by atoms with van der Waals surface area (Å²) in [5, 5.41) is 3.06. The van der Waals surface area contributed by atoms with Gasteiger partial charge in [0.15, 0.2) is 11.1 Å². The molecule has 2 aliphatic rings. The molecule has 1 aromatic rings. The Labute approximate surface area is 152 Å². The highest BCUT2D eigenvalue weighted by molar-refractivity contribution is 7.13. The highest BCUT2D eigenvalue weighted by Crippen LogP contribution is 2.21. The van der Waals surface area contributed by atoms with Crippen LogP contribution in [-0.2, 0) is 9.53 Å². The number of piperazine rings is 1. The first-order valence-electron chi connectivity index (χ1n) is 9.11. The molecule has 8 heteroatoms. The van der Waals surface area contributed by atoms with Gasteiger partial charge >= 0.3 is 5.97 Å². The van der Waals surface area contributed by atoms with E-state index in [1.54, 1.807) is 11.3 Å².